The molecule has 0 atom stereocenters. The molecule has 0 aliphatic carbocycles. The van der Waals surface area contributed by atoms with Crippen LogP contribution in [0.2, 0.25) is 0 Å². The molecule has 10 heteroatoms. The topological polar surface area (TPSA) is 134 Å². The molecule has 2 heterocycles. The molecule has 53 heavy (non-hydrogen) atoms. The summed E-state index contributed by atoms with van der Waals surface area (Å²) in [6.07, 6.45) is 2.05. The molecule has 2 aromatic heterocycles. The van der Waals surface area contributed by atoms with Crippen LogP contribution in [-0.4, -0.2) is 47.7 Å². The molecule has 6 aromatic rings. The van der Waals surface area contributed by atoms with Crippen molar-refractivity contribution >= 4 is 11.9 Å². The molecule has 0 spiro atoms. The van der Waals surface area contributed by atoms with Crippen LogP contribution in [0.1, 0.15) is 61.3 Å². The Balaban J connectivity index is 0.000000204. The number of carboxylic acids is 1. The first-order chi connectivity index (χ1) is 25.6. The van der Waals surface area contributed by atoms with E-state index in [1.54, 1.807) is 36.4 Å². The fraction of sp³-hybridized carbons (Fsp3) is 0.256. The number of aromatic nitrogens is 2. The third kappa shape index (κ3) is 10.9. The van der Waals surface area contributed by atoms with Gasteiger partial charge < -0.3 is 28.4 Å². The minimum absolute atomic E-state index is 0.241. The summed E-state index contributed by atoms with van der Waals surface area (Å²) in [5, 5.41) is 17.2. The first-order valence-corrected chi connectivity index (χ1v) is 17.5. The third-order valence-corrected chi connectivity index (χ3v) is 8.26. The van der Waals surface area contributed by atoms with Crippen molar-refractivity contribution in [1.29, 1.82) is 0 Å². The Morgan fingerprint density at radius 1 is 0.585 bits per heavy atom. The van der Waals surface area contributed by atoms with Gasteiger partial charge in [0.2, 0.25) is 0 Å². The number of carboxylic acid groups (broad SMARTS) is 1. The number of carbonyl (C=O) groups is 2. The fourth-order valence-electron chi connectivity index (χ4n) is 5.03. The van der Waals surface area contributed by atoms with Gasteiger partial charge in [0, 0.05) is 34.4 Å². The fourth-order valence-corrected chi connectivity index (χ4v) is 5.03. The summed E-state index contributed by atoms with van der Waals surface area (Å²) >= 11 is 0. The number of ether oxygens (including phenoxy) is 3. The molecule has 4 aromatic carbocycles. The van der Waals surface area contributed by atoms with E-state index >= 15 is 0 Å². The predicted octanol–water partition coefficient (Wildman–Crippen LogP) is 10.4. The number of esters is 1. The summed E-state index contributed by atoms with van der Waals surface area (Å²) < 4.78 is 27.1. The molecule has 0 radical (unpaired) electrons. The van der Waals surface area contributed by atoms with Crippen molar-refractivity contribution in [1.82, 2.24) is 10.3 Å². The molecule has 0 aliphatic rings. The monoisotopic (exact) mass is 716 g/mol. The van der Waals surface area contributed by atoms with Crippen LogP contribution >= 0.6 is 0 Å². The van der Waals surface area contributed by atoms with Gasteiger partial charge in [-0.05, 0) is 97.5 Å². The highest BCUT2D eigenvalue weighted by Crippen LogP contribution is 2.29. The molecule has 0 saturated heterocycles. The molecule has 6 rings (SSSR count). The summed E-state index contributed by atoms with van der Waals surface area (Å²) in [4.78, 5) is 22.4. The SMILES string of the molecule is CC(C)CCOc1ccc(-c2cc(-c3ccc(C(=O)O)cc3)no2)cc1.COC(=O)c1ccc(-c2cc(-c3ccc(OCCC(C)C)cc3)on2)cc1. The lowest BCUT2D eigenvalue weighted by Crippen LogP contribution is -2.01. The number of hydrogen-bond donors (Lipinski definition) is 1. The van der Waals surface area contributed by atoms with Crippen LogP contribution in [0.15, 0.2) is 118 Å². The molecule has 10 nitrogen and oxygen atoms in total. The van der Waals surface area contributed by atoms with Gasteiger partial charge in [-0.25, -0.2) is 9.59 Å². The number of rotatable bonds is 14. The van der Waals surface area contributed by atoms with Gasteiger partial charge in [-0.3, -0.25) is 0 Å². The highest BCUT2D eigenvalue weighted by molar-refractivity contribution is 5.90. The number of aromatic carboxylic acids is 1. The van der Waals surface area contributed by atoms with Gasteiger partial charge >= 0.3 is 11.9 Å². The number of nitrogens with zero attached hydrogens (tertiary/aromatic N) is 2. The lowest BCUT2D eigenvalue weighted by atomic mass is 10.1. The molecule has 0 saturated carbocycles. The molecule has 0 aliphatic heterocycles. The minimum Gasteiger partial charge on any atom is -0.494 e. The van der Waals surface area contributed by atoms with E-state index in [-0.39, 0.29) is 11.5 Å². The van der Waals surface area contributed by atoms with Crippen molar-refractivity contribution < 1.29 is 38.0 Å². The van der Waals surface area contributed by atoms with Crippen molar-refractivity contribution in [3.63, 3.8) is 0 Å². The average molecular weight is 717 g/mol. The summed E-state index contributed by atoms with van der Waals surface area (Å²) in [5.74, 6) is 2.93. The standard InChI is InChI=1S/C22H23NO4.C21H21NO4/c1-15(2)12-13-26-19-10-8-17(9-11-19)21-14-20(23-27-21)16-4-6-18(7-5-16)22(24)25-3;1-14(2)11-12-25-18-9-7-16(8-10-18)20-13-19(22-26-20)15-3-5-17(6-4-15)21(23)24/h4-11,14-15H,12-13H2,1-3H3;3-10,13-14H,11-12H2,1-2H3,(H,23,24). The van der Waals surface area contributed by atoms with Gasteiger partial charge in [0.1, 0.15) is 22.9 Å². The maximum atomic E-state index is 11.5. The Morgan fingerprint density at radius 2 is 0.962 bits per heavy atom. The Labute approximate surface area is 309 Å². The highest BCUT2D eigenvalue weighted by atomic mass is 16.5. The summed E-state index contributed by atoms with van der Waals surface area (Å²) in [6, 6.07) is 32.8. The Hall–Kier alpha value is -6.16. The molecule has 0 fully saturated rings. The van der Waals surface area contributed by atoms with E-state index in [4.69, 9.17) is 28.4 Å². The molecule has 0 unspecified atom stereocenters. The Bertz CT molecular complexity index is 2040. The second kappa shape index (κ2) is 18.4. The number of methoxy groups -OCH3 is 1. The van der Waals surface area contributed by atoms with Gasteiger partial charge in [0.15, 0.2) is 11.5 Å². The van der Waals surface area contributed by atoms with E-state index in [0.29, 0.717) is 53.5 Å². The van der Waals surface area contributed by atoms with E-state index in [9.17, 15) is 9.59 Å². The van der Waals surface area contributed by atoms with Crippen LogP contribution in [0, 0.1) is 11.8 Å². The molecular weight excluding hydrogens is 672 g/mol. The maximum absolute atomic E-state index is 11.5. The smallest absolute Gasteiger partial charge is 0.337 e. The number of carbonyl (C=O) groups excluding carboxylic acids is 1. The lowest BCUT2D eigenvalue weighted by Gasteiger charge is -2.08. The Morgan fingerprint density at radius 3 is 1.32 bits per heavy atom. The summed E-state index contributed by atoms with van der Waals surface area (Å²) in [5.41, 5.74) is 5.61. The van der Waals surface area contributed by atoms with Crippen LogP contribution in [0.3, 0.4) is 0 Å². The van der Waals surface area contributed by atoms with Gasteiger partial charge in [0.05, 0.1) is 31.5 Å². The van der Waals surface area contributed by atoms with Crippen LogP contribution < -0.4 is 9.47 Å². The number of benzene rings is 4. The first-order valence-electron chi connectivity index (χ1n) is 17.5. The largest absolute Gasteiger partial charge is 0.494 e. The second-order valence-electron chi connectivity index (χ2n) is 13.2. The van der Waals surface area contributed by atoms with Gasteiger partial charge in [-0.15, -0.1) is 0 Å². The molecule has 0 bridgehead atoms. The molecular formula is C43H44N2O8. The minimum atomic E-state index is -0.951. The lowest BCUT2D eigenvalue weighted by molar-refractivity contribution is 0.0599. The van der Waals surface area contributed by atoms with Crippen LogP contribution in [-0.2, 0) is 4.74 Å². The van der Waals surface area contributed by atoms with Gasteiger partial charge in [-0.1, -0.05) is 62.3 Å². The van der Waals surface area contributed by atoms with Crippen LogP contribution in [0.4, 0.5) is 0 Å². The zero-order chi connectivity index (χ0) is 37.7. The molecule has 274 valence electrons. The van der Waals surface area contributed by atoms with Crippen LogP contribution in [0.25, 0.3) is 45.2 Å². The van der Waals surface area contributed by atoms with Gasteiger partial charge in [-0.2, -0.15) is 0 Å². The van der Waals surface area contributed by atoms with Crippen molar-refractivity contribution in [3.8, 4) is 56.7 Å². The van der Waals surface area contributed by atoms with E-state index in [1.165, 1.54) is 7.11 Å². The van der Waals surface area contributed by atoms with Crippen molar-refractivity contribution in [2.75, 3.05) is 20.3 Å². The van der Waals surface area contributed by atoms with Crippen molar-refractivity contribution in [2.24, 2.45) is 11.8 Å². The zero-order valence-corrected chi connectivity index (χ0v) is 30.6. The quantitative estimate of drug-likeness (QED) is 0.109. The molecule has 0 amide bonds. The van der Waals surface area contributed by atoms with Gasteiger partial charge in [0.25, 0.3) is 0 Å². The Kier molecular flexibility index (Phi) is 13.2. The highest BCUT2D eigenvalue weighted by Gasteiger charge is 2.12. The third-order valence-electron chi connectivity index (χ3n) is 8.26. The zero-order valence-electron chi connectivity index (χ0n) is 30.6. The maximum Gasteiger partial charge on any atom is 0.337 e. The predicted molar refractivity (Wildman–Crippen MR) is 203 cm³/mol. The first kappa shape index (κ1) is 38.1. The summed E-state index contributed by atoms with van der Waals surface area (Å²) in [6.45, 7) is 10.1. The van der Waals surface area contributed by atoms with Crippen molar-refractivity contribution in [3.05, 3.63) is 120 Å². The van der Waals surface area contributed by atoms with Crippen LogP contribution in [0.5, 0.6) is 11.5 Å². The van der Waals surface area contributed by atoms with E-state index in [0.717, 1.165) is 46.6 Å². The van der Waals surface area contributed by atoms with E-state index in [1.807, 2.05) is 72.8 Å². The second-order valence-corrected chi connectivity index (χ2v) is 13.2. The van der Waals surface area contributed by atoms with E-state index < -0.39 is 5.97 Å². The normalized spacial score (nSPS) is 10.8. The summed E-state index contributed by atoms with van der Waals surface area (Å²) in [7, 11) is 1.36. The average Bonchev–Trinajstić information content (AvgIpc) is 3.87. The van der Waals surface area contributed by atoms with E-state index in [2.05, 4.69) is 38.0 Å². The van der Waals surface area contributed by atoms with Crippen molar-refractivity contribution in [2.45, 2.75) is 40.5 Å². The molecule has 1 N–H and O–H groups in total. The number of hydrogen-bond acceptors (Lipinski definition) is 9.